The molecule has 0 heterocycles. The minimum absolute atomic E-state index is 0.111. The highest BCUT2D eigenvalue weighted by Gasteiger charge is 2.04. The number of benzene rings is 2. The third-order valence-corrected chi connectivity index (χ3v) is 3.33. The molecule has 0 bridgehead atoms. The van der Waals surface area contributed by atoms with Crippen LogP contribution in [0, 0.1) is 0 Å². The van der Waals surface area contributed by atoms with Crippen LogP contribution in [0.25, 0.3) is 0 Å². The molecular weight excluding hydrogens is 372 g/mol. The summed E-state index contributed by atoms with van der Waals surface area (Å²) in [5, 5.41) is 3.93. The van der Waals surface area contributed by atoms with Crippen molar-refractivity contribution in [1.29, 1.82) is 0 Å². The molecule has 0 spiro atoms. The van der Waals surface area contributed by atoms with Crippen LogP contribution in [0.15, 0.2) is 70.8 Å². The minimum Gasteiger partial charge on any atom is -0.489 e. The van der Waals surface area contributed by atoms with Crippen LogP contribution in [0.5, 0.6) is 11.5 Å². The van der Waals surface area contributed by atoms with E-state index in [9.17, 15) is 4.79 Å². The number of amides is 1. The molecule has 2 aromatic rings. The Morgan fingerprint density at radius 3 is 2.75 bits per heavy atom. The molecule has 0 radical (unpaired) electrons. The SMILES string of the molecule is C=CCOc1ccc(Br)cc1/C=N\NC(=O)COc1ccccc1. The van der Waals surface area contributed by atoms with Crippen LogP contribution in [0.2, 0.25) is 0 Å². The standard InChI is InChI=1S/C18H17BrN2O3/c1-2-10-23-17-9-8-15(19)11-14(17)12-20-21-18(22)13-24-16-6-4-3-5-7-16/h2-9,11-12H,1,10,13H2,(H,21,22)/b20-12-. The first-order chi connectivity index (χ1) is 11.7. The topological polar surface area (TPSA) is 59.9 Å². The van der Waals surface area contributed by atoms with E-state index in [0.717, 1.165) is 10.0 Å². The van der Waals surface area contributed by atoms with Crippen LogP contribution in [0.3, 0.4) is 0 Å². The van der Waals surface area contributed by atoms with Crippen LogP contribution in [0.1, 0.15) is 5.56 Å². The van der Waals surface area contributed by atoms with Crippen molar-refractivity contribution in [3.63, 3.8) is 0 Å². The smallest absolute Gasteiger partial charge is 0.277 e. The number of ether oxygens (including phenoxy) is 2. The molecule has 0 aliphatic carbocycles. The van der Waals surface area contributed by atoms with E-state index in [1.165, 1.54) is 6.21 Å². The molecule has 124 valence electrons. The number of nitrogens with zero attached hydrogens (tertiary/aromatic N) is 1. The van der Waals surface area contributed by atoms with Gasteiger partial charge >= 0.3 is 0 Å². The third kappa shape index (κ3) is 5.89. The van der Waals surface area contributed by atoms with E-state index in [1.54, 1.807) is 18.2 Å². The summed E-state index contributed by atoms with van der Waals surface area (Å²) < 4.78 is 11.8. The van der Waals surface area contributed by atoms with Crippen LogP contribution in [-0.4, -0.2) is 25.3 Å². The lowest BCUT2D eigenvalue weighted by molar-refractivity contribution is -0.123. The average Bonchev–Trinajstić information content (AvgIpc) is 2.60. The summed E-state index contributed by atoms with van der Waals surface area (Å²) in [5.74, 6) is 0.930. The van der Waals surface area contributed by atoms with Crippen molar-refractivity contribution < 1.29 is 14.3 Å². The molecule has 0 saturated heterocycles. The Kier molecular flexibility index (Phi) is 7.04. The fourth-order valence-corrected chi connectivity index (χ4v) is 2.15. The van der Waals surface area contributed by atoms with Crippen molar-refractivity contribution in [2.45, 2.75) is 0 Å². The number of rotatable bonds is 8. The second-order valence-electron chi connectivity index (χ2n) is 4.68. The van der Waals surface area contributed by atoms with Gasteiger partial charge in [0.05, 0.1) is 6.21 Å². The van der Waals surface area contributed by atoms with Gasteiger partial charge < -0.3 is 9.47 Å². The highest BCUT2D eigenvalue weighted by Crippen LogP contribution is 2.21. The molecule has 24 heavy (non-hydrogen) atoms. The summed E-state index contributed by atoms with van der Waals surface area (Å²) in [5.41, 5.74) is 3.15. The second-order valence-corrected chi connectivity index (χ2v) is 5.59. The molecule has 0 atom stereocenters. The number of nitrogens with one attached hydrogen (secondary N) is 1. The molecule has 1 N–H and O–H groups in total. The molecule has 2 rings (SSSR count). The van der Waals surface area contributed by atoms with Crippen molar-refractivity contribution in [3.05, 3.63) is 71.2 Å². The van der Waals surface area contributed by atoms with Gasteiger partial charge in [0.15, 0.2) is 6.61 Å². The quantitative estimate of drug-likeness (QED) is 0.427. The molecule has 2 aromatic carbocycles. The van der Waals surface area contributed by atoms with Gasteiger partial charge in [0.2, 0.25) is 0 Å². The zero-order chi connectivity index (χ0) is 17.2. The van der Waals surface area contributed by atoms with Gasteiger partial charge in [-0.2, -0.15) is 5.10 Å². The number of hydrogen-bond acceptors (Lipinski definition) is 4. The molecule has 5 nitrogen and oxygen atoms in total. The fraction of sp³-hybridized carbons (Fsp3) is 0.111. The normalized spacial score (nSPS) is 10.4. The van der Waals surface area contributed by atoms with Crippen molar-refractivity contribution in [1.82, 2.24) is 5.43 Å². The molecule has 6 heteroatoms. The summed E-state index contributed by atoms with van der Waals surface area (Å²) >= 11 is 3.39. The lowest BCUT2D eigenvalue weighted by atomic mass is 10.2. The predicted octanol–water partition coefficient (Wildman–Crippen LogP) is 3.54. The Hall–Kier alpha value is -2.60. The number of hydrogen-bond donors (Lipinski definition) is 1. The first-order valence-corrected chi connectivity index (χ1v) is 8.01. The Morgan fingerprint density at radius 2 is 2.00 bits per heavy atom. The number of carbonyl (C=O) groups is 1. The molecule has 1 amide bonds. The highest BCUT2D eigenvalue weighted by atomic mass is 79.9. The summed E-state index contributed by atoms with van der Waals surface area (Å²) in [6, 6.07) is 14.6. The first kappa shape index (κ1) is 17.7. The Morgan fingerprint density at radius 1 is 1.21 bits per heavy atom. The number of halogens is 1. The van der Waals surface area contributed by atoms with Crippen LogP contribution < -0.4 is 14.9 Å². The summed E-state index contributed by atoms with van der Waals surface area (Å²) in [7, 11) is 0. The lowest BCUT2D eigenvalue weighted by Crippen LogP contribution is -2.24. The summed E-state index contributed by atoms with van der Waals surface area (Å²) in [6.45, 7) is 3.89. The fourth-order valence-electron chi connectivity index (χ4n) is 1.77. The number of para-hydroxylation sites is 1. The van der Waals surface area contributed by atoms with Gasteiger partial charge in [0, 0.05) is 10.0 Å². The van der Waals surface area contributed by atoms with E-state index in [0.29, 0.717) is 18.1 Å². The van der Waals surface area contributed by atoms with E-state index < -0.39 is 0 Å². The summed E-state index contributed by atoms with van der Waals surface area (Å²) in [6.07, 6.45) is 3.18. The maximum absolute atomic E-state index is 11.7. The predicted molar refractivity (Wildman–Crippen MR) is 97.5 cm³/mol. The highest BCUT2D eigenvalue weighted by molar-refractivity contribution is 9.10. The number of hydrazone groups is 1. The molecule has 0 aliphatic heterocycles. The van der Waals surface area contributed by atoms with E-state index in [-0.39, 0.29) is 12.5 Å². The van der Waals surface area contributed by atoms with Gasteiger partial charge in [-0.05, 0) is 30.3 Å². The Labute approximate surface area is 149 Å². The zero-order valence-electron chi connectivity index (χ0n) is 12.9. The molecule has 0 aromatic heterocycles. The van der Waals surface area contributed by atoms with Gasteiger partial charge in [0.25, 0.3) is 5.91 Å². The maximum Gasteiger partial charge on any atom is 0.277 e. The van der Waals surface area contributed by atoms with Crippen molar-refractivity contribution >= 4 is 28.1 Å². The molecule has 0 unspecified atom stereocenters. The second kappa shape index (κ2) is 9.52. The van der Waals surface area contributed by atoms with Gasteiger partial charge in [-0.25, -0.2) is 5.43 Å². The van der Waals surface area contributed by atoms with E-state index in [2.05, 4.69) is 33.0 Å². The van der Waals surface area contributed by atoms with Gasteiger partial charge in [0.1, 0.15) is 18.1 Å². The molecule has 0 saturated carbocycles. The van der Waals surface area contributed by atoms with Crippen molar-refractivity contribution in [2.24, 2.45) is 5.10 Å². The maximum atomic E-state index is 11.7. The first-order valence-electron chi connectivity index (χ1n) is 7.22. The van der Waals surface area contributed by atoms with Gasteiger partial charge in [-0.15, -0.1) is 0 Å². The zero-order valence-corrected chi connectivity index (χ0v) is 14.5. The monoisotopic (exact) mass is 388 g/mol. The van der Waals surface area contributed by atoms with E-state index >= 15 is 0 Å². The van der Waals surface area contributed by atoms with Crippen LogP contribution in [-0.2, 0) is 4.79 Å². The molecular formula is C18H17BrN2O3. The number of carbonyl (C=O) groups excluding carboxylic acids is 1. The lowest BCUT2D eigenvalue weighted by Gasteiger charge is -2.07. The van der Waals surface area contributed by atoms with E-state index in [4.69, 9.17) is 9.47 Å². The van der Waals surface area contributed by atoms with Crippen LogP contribution in [0.4, 0.5) is 0 Å². The largest absolute Gasteiger partial charge is 0.489 e. The average molecular weight is 389 g/mol. The van der Waals surface area contributed by atoms with Crippen molar-refractivity contribution in [3.8, 4) is 11.5 Å². The van der Waals surface area contributed by atoms with E-state index in [1.807, 2.05) is 36.4 Å². The third-order valence-electron chi connectivity index (χ3n) is 2.83. The molecule has 0 fully saturated rings. The van der Waals surface area contributed by atoms with Crippen LogP contribution >= 0.6 is 15.9 Å². The van der Waals surface area contributed by atoms with Gasteiger partial charge in [-0.3, -0.25) is 4.79 Å². The molecule has 0 aliphatic rings. The Bertz CT molecular complexity index is 717. The Balaban J connectivity index is 1.89. The summed E-state index contributed by atoms with van der Waals surface area (Å²) in [4.78, 5) is 11.7. The van der Waals surface area contributed by atoms with Gasteiger partial charge in [-0.1, -0.05) is 46.8 Å². The minimum atomic E-state index is -0.348. The van der Waals surface area contributed by atoms with Crippen molar-refractivity contribution in [2.75, 3.05) is 13.2 Å².